The molecule has 0 unspecified atom stereocenters. The zero-order chi connectivity index (χ0) is 22.4. The summed E-state index contributed by atoms with van der Waals surface area (Å²) in [5.74, 6) is -0.402. The van der Waals surface area contributed by atoms with Crippen LogP contribution < -0.4 is 9.50 Å². The number of rotatable bonds is 6. The van der Waals surface area contributed by atoms with Crippen molar-refractivity contribution in [1.29, 1.82) is 5.26 Å². The largest absolute Gasteiger partial charge is 0.379 e. The summed E-state index contributed by atoms with van der Waals surface area (Å²) in [7, 11) is -3.94. The maximum Gasteiger partial charge on any atom is 0.339 e. The van der Waals surface area contributed by atoms with E-state index in [1.54, 1.807) is 36.4 Å². The fraction of sp³-hybridized carbons (Fsp3) is 0.0833. The molecule has 3 aromatic carbocycles. The molecule has 0 heterocycles. The van der Waals surface area contributed by atoms with Crippen LogP contribution in [0.15, 0.2) is 83.3 Å². The van der Waals surface area contributed by atoms with E-state index in [1.165, 1.54) is 30.3 Å². The van der Waals surface area contributed by atoms with Gasteiger partial charge in [0.15, 0.2) is 0 Å². The lowest BCUT2D eigenvalue weighted by molar-refractivity contribution is -0.112. The first kappa shape index (κ1) is 21.8. The topological polar surface area (TPSA) is 96.3 Å². The molecule has 0 aliphatic carbocycles. The highest BCUT2D eigenvalue weighted by atomic mass is 32.2. The molecule has 7 heteroatoms. The summed E-state index contributed by atoms with van der Waals surface area (Å²) in [5.41, 5.74) is 3.07. The van der Waals surface area contributed by atoms with E-state index in [-0.39, 0.29) is 16.2 Å². The minimum Gasteiger partial charge on any atom is -0.379 e. The highest BCUT2D eigenvalue weighted by molar-refractivity contribution is 7.87. The molecular formula is C24H20N2O4S. The van der Waals surface area contributed by atoms with Crippen molar-refractivity contribution in [2.45, 2.75) is 18.7 Å². The second-order valence-electron chi connectivity index (χ2n) is 6.86. The third kappa shape index (κ3) is 5.59. The van der Waals surface area contributed by atoms with Crippen LogP contribution in [0.25, 0.3) is 6.08 Å². The number of nitrogens with zero attached hydrogens (tertiary/aromatic N) is 1. The lowest BCUT2D eigenvalue weighted by Crippen LogP contribution is -2.14. The van der Waals surface area contributed by atoms with Crippen molar-refractivity contribution in [2.24, 2.45) is 0 Å². The van der Waals surface area contributed by atoms with E-state index in [4.69, 9.17) is 4.18 Å². The van der Waals surface area contributed by atoms with Gasteiger partial charge in [0.2, 0.25) is 0 Å². The molecule has 0 aromatic heterocycles. The van der Waals surface area contributed by atoms with Crippen LogP contribution in [-0.4, -0.2) is 14.3 Å². The Labute approximate surface area is 181 Å². The predicted octanol–water partition coefficient (Wildman–Crippen LogP) is 4.62. The summed E-state index contributed by atoms with van der Waals surface area (Å²) >= 11 is 0. The minimum absolute atomic E-state index is 0.0498. The van der Waals surface area contributed by atoms with Crippen molar-refractivity contribution >= 4 is 27.8 Å². The number of nitriles is 1. The molecule has 0 aliphatic rings. The predicted molar refractivity (Wildman–Crippen MR) is 119 cm³/mol. The highest BCUT2D eigenvalue weighted by Gasteiger charge is 2.16. The summed E-state index contributed by atoms with van der Waals surface area (Å²) in [6.45, 7) is 3.83. The summed E-state index contributed by atoms with van der Waals surface area (Å²) in [6, 6.07) is 21.4. The lowest BCUT2D eigenvalue weighted by atomic mass is 10.1. The number of anilines is 1. The third-order valence-corrected chi connectivity index (χ3v) is 5.69. The van der Waals surface area contributed by atoms with E-state index >= 15 is 0 Å². The number of benzene rings is 3. The summed E-state index contributed by atoms with van der Waals surface area (Å²) in [4.78, 5) is 12.5. The summed E-state index contributed by atoms with van der Waals surface area (Å²) in [6.07, 6.45) is 1.42. The van der Waals surface area contributed by atoms with Gasteiger partial charge in [-0.15, -0.1) is 0 Å². The maximum atomic E-state index is 12.5. The standard InChI is InChI=1S/C24H20N2O4S/c1-17-8-13-23(18(2)14-17)26-24(27)20(16-25)15-19-9-11-21(12-10-19)30-31(28,29)22-6-4-3-5-7-22/h3-15H,1-2H3,(H,26,27)/b20-15+. The molecule has 1 N–H and O–H groups in total. The number of carbonyl (C=O) groups excluding carboxylic acids is 1. The lowest BCUT2D eigenvalue weighted by Gasteiger charge is -2.09. The number of aryl methyl sites for hydroxylation is 2. The summed E-state index contributed by atoms with van der Waals surface area (Å²) < 4.78 is 29.7. The molecule has 0 atom stereocenters. The normalized spacial score (nSPS) is 11.5. The second-order valence-corrected chi connectivity index (χ2v) is 8.41. The Balaban J connectivity index is 1.74. The van der Waals surface area contributed by atoms with Crippen LogP contribution >= 0.6 is 0 Å². The van der Waals surface area contributed by atoms with Gasteiger partial charge < -0.3 is 9.50 Å². The zero-order valence-electron chi connectivity index (χ0n) is 17.0. The van der Waals surface area contributed by atoms with Crippen molar-refractivity contribution in [3.63, 3.8) is 0 Å². The minimum atomic E-state index is -3.94. The van der Waals surface area contributed by atoms with Crippen LogP contribution in [0.4, 0.5) is 5.69 Å². The van der Waals surface area contributed by atoms with Crippen molar-refractivity contribution in [1.82, 2.24) is 0 Å². The Morgan fingerprint density at radius 3 is 2.29 bits per heavy atom. The number of hydrogen-bond acceptors (Lipinski definition) is 5. The number of carbonyl (C=O) groups is 1. The smallest absolute Gasteiger partial charge is 0.339 e. The van der Waals surface area contributed by atoms with Crippen molar-refractivity contribution in [2.75, 3.05) is 5.32 Å². The molecule has 31 heavy (non-hydrogen) atoms. The molecule has 3 aromatic rings. The molecule has 0 fully saturated rings. The van der Waals surface area contributed by atoms with Gasteiger partial charge in [0, 0.05) is 5.69 Å². The van der Waals surface area contributed by atoms with E-state index in [2.05, 4.69) is 5.32 Å². The third-order valence-electron chi connectivity index (χ3n) is 4.42. The van der Waals surface area contributed by atoms with Crippen molar-refractivity contribution in [3.8, 4) is 11.8 Å². The van der Waals surface area contributed by atoms with Gasteiger partial charge in [0.05, 0.1) is 0 Å². The van der Waals surface area contributed by atoms with Crippen molar-refractivity contribution in [3.05, 3.63) is 95.1 Å². The highest BCUT2D eigenvalue weighted by Crippen LogP contribution is 2.21. The Morgan fingerprint density at radius 1 is 1.00 bits per heavy atom. The van der Waals surface area contributed by atoms with Gasteiger partial charge in [0.1, 0.15) is 22.3 Å². The molecule has 0 saturated heterocycles. The van der Waals surface area contributed by atoms with E-state index in [1.807, 2.05) is 32.0 Å². The Morgan fingerprint density at radius 2 is 1.68 bits per heavy atom. The van der Waals surface area contributed by atoms with Gasteiger partial charge in [0.25, 0.3) is 5.91 Å². The molecule has 156 valence electrons. The Hall–Kier alpha value is -3.89. The number of amides is 1. The molecule has 3 rings (SSSR count). The first-order chi connectivity index (χ1) is 14.8. The first-order valence-electron chi connectivity index (χ1n) is 9.38. The van der Waals surface area contributed by atoms with Gasteiger partial charge in [-0.3, -0.25) is 4.79 Å². The molecular weight excluding hydrogens is 412 g/mol. The number of hydrogen-bond donors (Lipinski definition) is 1. The maximum absolute atomic E-state index is 12.5. The van der Waals surface area contributed by atoms with Crippen LogP contribution in [0.5, 0.6) is 5.75 Å². The van der Waals surface area contributed by atoms with Gasteiger partial charge >= 0.3 is 10.1 Å². The Bertz CT molecular complexity index is 1270. The molecule has 1 amide bonds. The van der Waals surface area contributed by atoms with E-state index in [0.717, 1.165) is 11.1 Å². The quantitative estimate of drug-likeness (QED) is 0.348. The molecule has 6 nitrogen and oxygen atoms in total. The molecule has 0 saturated carbocycles. The fourth-order valence-electron chi connectivity index (χ4n) is 2.84. The molecule has 0 bridgehead atoms. The van der Waals surface area contributed by atoms with Crippen LogP contribution in [0.2, 0.25) is 0 Å². The monoisotopic (exact) mass is 432 g/mol. The first-order valence-corrected chi connectivity index (χ1v) is 10.8. The fourth-order valence-corrected chi connectivity index (χ4v) is 3.79. The van der Waals surface area contributed by atoms with Gasteiger partial charge in [-0.25, -0.2) is 0 Å². The average molecular weight is 433 g/mol. The van der Waals surface area contributed by atoms with Crippen LogP contribution in [0.3, 0.4) is 0 Å². The van der Waals surface area contributed by atoms with Gasteiger partial charge in [-0.2, -0.15) is 13.7 Å². The van der Waals surface area contributed by atoms with Crippen LogP contribution in [0, 0.1) is 25.2 Å². The zero-order valence-corrected chi connectivity index (χ0v) is 17.8. The summed E-state index contributed by atoms with van der Waals surface area (Å²) in [5, 5.41) is 12.1. The van der Waals surface area contributed by atoms with Crippen LogP contribution in [0.1, 0.15) is 16.7 Å². The van der Waals surface area contributed by atoms with Crippen molar-refractivity contribution < 1.29 is 17.4 Å². The Kier molecular flexibility index (Phi) is 6.53. The van der Waals surface area contributed by atoms with Gasteiger partial charge in [-0.05, 0) is 61.4 Å². The molecule has 0 radical (unpaired) electrons. The van der Waals surface area contributed by atoms with E-state index in [0.29, 0.717) is 11.3 Å². The van der Waals surface area contributed by atoms with E-state index in [9.17, 15) is 18.5 Å². The van der Waals surface area contributed by atoms with E-state index < -0.39 is 16.0 Å². The molecule has 0 aliphatic heterocycles. The van der Waals surface area contributed by atoms with Gasteiger partial charge in [-0.1, -0.05) is 48.0 Å². The SMILES string of the molecule is Cc1ccc(NC(=O)/C(C#N)=C/c2ccc(OS(=O)(=O)c3ccccc3)cc2)c(C)c1. The average Bonchev–Trinajstić information content (AvgIpc) is 2.75. The van der Waals surface area contributed by atoms with Crippen LogP contribution in [-0.2, 0) is 14.9 Å². The number of nitrogens with one attached hydrogen (secondary N) is 1. The second kappa shape index (κ2) is 9.28. The molecule has 0 spiro atoms.